The van der Waals surface area contributed by atoms with Gasteiger partial charge in [-0.2, -0.15) is 0 Å². The predicted octanol–water partition coefficient (Wildman–Crippen LogP) is 2.84. The molecule has 1 atom stereocenters. The van der Waals surface area contributed by atoms with Crippen molar-refractivity contribution in [1.29, 1.82) is 0 Å². The van der Waals surface area contributed by atoms with Crippen LogP contribution in [0.4, 0.5) is 5.69 Å². The van der Waals surface area contributed by atoms with Gasteiger partial charge < -0.3 is 15.1 Å². The zero-order valence-electron chi connectivity index (χ0n) is 11.9. The Labute approximate surface area is 129 Å². The maximum Gasteiger partial charge on any atom is 0.258 e. The highest BCUT2D eigenvalue weighted by Gasteiger charge is 2.35. The molecule has 0 fully saturated rings. The van der Waals surface area contributed by atoms with Crippen LogP contribution in [-0.2, 0) is 0 Å². The second kappa shape index (κ2) is 6.20. The second-order valence-corrected chi connectivity index (χ2v) is 5.69. The molecule has 1 aliphatic heterocycles. The van der Waals surface area contributed by atoms with Gasteiger partial charge in [-0.25, -0.2) is 0 Å². The van der Waals surface area contributed by atoms with E-state index in [2.05, 4.69) is 17.1 Å². The van der Waals surface area contributed by atoms with E-state index in [1.54, 1.807) is 18.0 Å². The molecule has 0 aliphatic carbocycles. The normalized spacial score (nSPS) is 18.4. The predicted molar refractivity (Wildman–Crippen MR) is 83.9 cm³/mol. The van der Waals surface area contributed by atoms with Crippen LogP contribution in [0.2, 0.25) is 10.0 Å². The molecule has 110 valence electrons. The maximum atomic E-state index is 12.5. The highest BCUT2D eigenvalue weighted by Crippen LogP contribution is 2.38. The van der Waals surface area contributed by atoms with E-state index in [4.69, 9.17) is 23.2 Å². The van der Waals surface area contributed by atoms with Crippen molar-refractivity contribution in [3.05, 3.63) is 27.7 Å². The summed E-state index contributed by atoms with van der Waals surface area (Å²) in [5, 5.41) is 4.02. The molecule has 0 spiro atoms. The molecular formula is C14H19Cl2N3O. The number of benzene rings is 1. The van der Waals surface area contributed by atoms with Gasteiger partial charge in [-0.3, -0.25) is 4.79 Å². The zero-order valence-corrected chi connectivity index (χ0v) is 13.4. The molecule has 1 amide bonds. The Morgan fingerprint density at radius 1 is 1.25 bits per heavy atom. The van der Waals surface area contributed by atoms with Gasteiger partial charge in [-0.15, -0.1) is 0 Å². The van der Waals surface area contributed by atoms with Gasteiger partial charge in [0.15, 0.2) is 0 Å². The van der Waals surface area contributed by atoms with E-state index in [1.165, 1.54) is 0 Å². The number of hydrogen-bond acceptors (Lipinski definition) is 3. The number of hydrogen-bond donors (Lipinski definition) is 1. The highest BCUT2D eigenvalue weighted by molar-refractivity contribution is 6.44. The number of anilines is 1. The molecule has 4 nitrogen and oxygen atoms in total. The lowest BCUT2D eigenvalue weighted by Gasteiger charge is -2.42. The minimum atomic E-state index is -0.0768. The van der Waals surface area contributed by atoms with Gasteiger partial charge in [0.2, 0.25) is 0 Å². The average Bonchev–Trinajstić information content (AvgIpc) is 2.43. The van der Waals surface area contributed by atoms with Crippen LogP contribution in [0.5, 0.6) is 0 Å². The van der Waals surface area contributed by atoms with Gasteiger partial charge >= 0.3 is 0 Å². The summed E-state index contributed by atoms with van der Waals surface area (Å²) in [6.45, 7) is 3.85. The number of nitrogens with one attached hydrogen (secondary N) is 1. The molecule has 2 rings (SSSR count). The topological polar surface area (TPSA) is 35.6 Å². The molecule has 0 radical (unpaired) electrons. The van der Waals surface area contributed by atoms with Crippen LogP contribution in [0.15, 0.2) is 12.1 Å². The van der Waals surface area contributed by atoms with Crippen molar-refractivity contribution in [1.82, 2.24) is 10.2 Å². The number of carbonyl (C=O) groups is 1. The summed E-state index contributed by atoms with van der Waals surface area (Å²) in [4.78, 5) is 16.3. The largest absolute Gasteiger partial charge is 0.353 e. The molecule has 0 bridgehead atoms. The van der Waals surface area contributed by atoms with Gasteiger partial charge in [0.1, 0.15) is 6.17 Å². The Hall–Kier alpha value is -0.970. The van der Waals surface area contributed by atoms with Crippen LogP contribution in [0, 0.1) is 0 Å². The molecule has 20 heavy (non-hydrogen) atoms. The highest BCUT2D eigenvalue weighted by atomic mass is 35.5. The van der Waals surface area contributed by atoms with Crippen LogP contribution in [0.3, 0.4) is 0 Å². The fourth-order valence-electron chi connectivity index (χ4n) is 2.57. The summed E-state index contributed by atoms with van der Waals surface area (Å²) in [6.07, 6.45) is 0.873. The first kappa shape index (κ1) is 15.4. The standard InChI is InChI=1S/C14H19Cl2N3O/c1-4-17-8-7-11-18(2)10-6-5-9(15)13(16)12(10)14(20)19(11)3/h5-6,11,17H,4,7-8H2,1-3H3. The molecule has 1 aromatic carbocycles. The zero-order chi connectivity index (χ0) is 14.9. The van der Waals surface area contributed by atoms with E-state index in [9.17, 15) is 4.79 Å². The first-order valence-corrected chi connectivity index (χ1v) is 7.43. The summed E-state index contributed by atoms with van der Waals surface area (Å²) in [5.74, 6) is -0.0768. The van der Waals surface area contributed by atoms with Crippen LogP contribution >= 0.6 is 23.2 Å². The average molecular weight is 316 g/mol. The Bertz CT molecular complexity index is 521. The third kappa shape index (κ3) is 2.60. The number of halogens is 2. The van der Waals surface area contributed by atoms with E-state index in [-0.39, 0.29) is 12.1 Å². The molecule has 1 aromatic rings. The molecule has 0 saturated heterocycles. The van der Waals surface area contributed by atoms with Gasteiger partial charge in [-0.05, 0) is 31.6 Å². The lowest BCUT2D eigenvalue weighted by atomic mass is 10.0. The lowest BCUT2D eigenvalue weighted by molar-refractivity contribution is 0.0705. The summed E-state index contributed by atoms with van der Waals surface area (Å²) >= 11 is 12.2. The number of rotatable bonds is 4. The fourth-order valence-corrected chi connectivity index (χ4v) is 2.96. The minimum absolute atomic E-state index is 0.0197. The van der Waals surface area contributed by atoms with E-state index < -0.39 is 0 Å². The summed E-state index contributed by atoms with van der Waals surface area (Å²) < 4.78 is 0. The van der Waals surface area contributed by atoms with Crippen molar-refractivity contribution in [2.24, 2.45) is 0 Å². The van der Waals surface area contributed by atoms with Crippen LogP contribution in [0.1, 0.15) is 23.7 Å². The molecule has 1 heterocycles. The SMILES string of the molecule is CCNCCC1N(C)C(=O)c2c(ccc(Cl)c2Cl)N1C. The number of fused-ring (bicyclic) bond motifs is 1. The number of nitrogens with zero attached hydrogens (tertiary/aromatic N) is 2. The van der Waals surface area contributed by atoms with Crippen LogP contribution < -0.4 is 10.2 Å². The van der Waals surface area contributed by atoms with Crippen molar-refractivity contribution >= 4 is 34.8 Å². The maximum absolute atomic E-state index is 12.5. The number of amides is 1. The Morgan fingerprint density at radius 2 is 1.95 bits per heavy atom. The van der Waals surface area contributed by atoms with E-state index in [1.807, 2.05) is 13.1 Å². The number of carbonyl (C=O) groups excluding carboxylic acids is 1. The van der Waals surface area contributed by atoms with Crippen LogP contribution in [-0.4, -0.2) is 44.2 Å². The first-order chi connectivity index (χ1) is 9.49. The van der Waals surface area contributed by atoms with Crippen molar-refractivity contribution < 1.29 is 4.79 Å². The summed E-state index contributed by atoms with van der Waals surface area (Å²) in [6, 6.07) is 3.59. The molecule has 1 unspecified atom stereocenters. The molecule has 0 saturated carbocycles. The monoisotopic (exact) mass is 315 g/mol. The summed E-state index contributed by atoms with van der Waals surface area (Å²) in [5.41, 5.74) is 1.33. The second-order valence-electron chi connectivity index (χ2n) is 4.91. The first-order valence-electron chi connectivity index (χ1n) is 6.67. The van der Waals surface area contributed by atoms with E-state index in [0.717, 1.165) is 25.2 Å². The van der Waals surface area contributed by atoms with Crippen molar-refractivity contribution in [2.75, 3.05) is 32.1 Å². The molecular weight excluding hydrogens is 297 g/mol. The Balaban J connectivity index is 2.35. The third-order valence-electron chi connectivity index (χ3n) is 3.71. The third-order valence-corrected chi connectivity index (χ3v) is 4.51. The quantitative estimate of drug-likeness (QED) is 0.868. The lowest BCUT2D eigenvalue weighted by Crippen LogP contribution is -2.53. The Morgan fingerprint density at radius 3 is 2.60 bits per heavy atom. The van der Waals surface area contributed by atoms with E-state index in [0.29, 0.717) is 15.6 Å². The van der Waals surface area contributed by atoms with E-state index >= 15 is 0 Å². The van der Waals surface area contributed by atoms with Crippen molar-refractivity contribution in [3.8, 4) is 0 Å². The Kier molecular flexibility index (Phi) is 4.78. The van der Waals surface area contributed by atoms with Crippen molar-refractivity contribution in [3.63, 3.8) is 0 Å². The smallest absolute Gasteiger partial charge is 0.258 e. The van der Waals surface area contributed by atoms with Gasteiger partial charge in [0.25, 0.3) is 5.91 Å². The molecule has 1 aliphatic rings. The summed E-state index contributed by atoms with van der Waals surface area (Å²) in [7, 11) is 3.78. The van der Waals surface area contributed by atoms with Crippen LogP contribution in [0.25, 0.3) is 0 Å². The molecule has 1 N–H and O–H groups in total. The molecule has 0 aromatic heterocycles. The fraction of sp³-hybridized carbons (Fsp3) is 0.500. The minimum Gasteiger partial charge on any atom is -0.353 e. The van der Waals surface area contributed by atoms with Gasteiger partial charge in [-0.1, -0.05) is 30.1 Å². The van der Waals surface area contributed by atoms with Gasteiger partial charge in [0.05, 0.1) is 21.3 Å². The van der Waals surface area contributed by atoms with Crippen molar-refractivity contribution in [2.45, 2.75) is 19.5 Å². The van der Waals surface area contributed by atoms with Gasteiger partial charge in [0, 0.05) is 14.1 Å². The molecule has 6 heteroatoms.